The van der Waals surface area contributed by atoms with Gasteiger partial charge in [-0.1, -0.05) is 11.6 Å². The number of rotatable bonds is 7. The molecule has 1 aromatic heterocycles. The molecule has 0 atom stereocenters. The number of aliphatic imine (C=N–C) groups is 1. The summed E-state index contributed by atoms with van der Waals surface area (Å²) in [5.74, 6) is 0.900. The van der Waals surface area contributed by atoms with Gasteiger partial charge in [0.05, 0.1) is 13.2 Å². The molecule has 0 spiro atoms. The Balaban J connectivity index is 1.71. The minimum Gasteiger partial charge on any atom is -0.377 e. The second-order valence-electron chi connectivity index (χ2n) is 5.05. The van der Waals surface area contributed by atoms with Gasteiger partial charge in [-0.05, 0) is 31.9 Å². The van der Waals surface area contributed by atoms with Crippen LogP contribution in [0.1, 0.15) is 19.8 Å². The Morgan fingerprint density at radius 2 is 2.19 bits per heavy atom. The summed E-state index contributed by atoms with van der Waals surface area (Å²) in [5, 5.41) is 6.66. The second-order valence-corrected chi connectivity index (χ2v) is 5.05. The highest BCUT2D eigenvalue weighted by Crippen LogP contribution is 2.11. The van der Waals surface area contributed by atoms with Crippen LogP contribution in [0.4, 0.5) is 0 Å². The molecule has 0 saturated heterocycles. The van der Waals surface area contributed by atoms with Crippen LogP contribution >= 0.6 is 0 Å². The smallest absolute Gasteiger partial charge is 0.191 e. The Morgan fingerprint density at radius 1 is 1.33 bits per heavy atom. The molecule has 0 unspecified atom stereocenters. The van der Waals surface area contributed by atoms with Crippen molar-refractivity contribution in [1.29, 1.82) is 0 Å². The van der Waals surface area contributed by atoms with Gasteiger partial charge in [-0.3, -0.25) is 4.99 Å². The average Bonchev–Trinajstić information content (AvgIpc) is 3.02. The van der Waals surface area contributed by atoms with Gasteiger partial charge in [0.25, 0.3) is 0 Å². The van der Waals surface area contributed by atoms with Gasteiger partial charge in [0.1, 0.15) is 0 Å². The molecular weight excluding hydrogens is 264 g/mol. The van der Waals surface area contributed by atoms with E-state index in [1.807, 2.05) is 12.1 Å². The molecule has 0 fully saturated rings. The molecule has 5 heteroatoms. The number of nitrogens with zero attached hydrogens (tertiary/aromatic N) is 2. The van der Waals surface area contributed by atoms with Crippen LogP contribution in [0.5, 0.6) is 0 Å². The zero-order valence-corrected chi connectivity index (χ0v) is 12.8. The Hall–Kier alpha value is -1.75. The molecule has 1 aliphatic heterocycles. The summed E-state index contributed by atoms with van der Waals surface area (Å²) >= 11 is 0. The second kappa shape index (κ2) is 9.23. The standard InChI is InChI=1S/C16H26N4O/c1-2-17-16(19-9-12-20-10-3-4-11-20)18-8-5-15-6-13-21-14-7-15/h3-4,6,10-11H,2,5,7-9,12-14H2,1H3,(H2,17,18,19). The van der Waals surface area contributed by atoms with Crippen molar-refractivity contribution in [3.63, 3.8) is 0 Å². The van der Waals surface area contributed by atoms with Crippen LogP contribution in [0, 0.1) is 0 Å². The molecule has 0 aromatic carbocycles. The lowest BCUT2D eigenvalue weighted by molar-refractivity contribution is 0.153. The van der Waals surface area contributed by atoms with Gasteiger partial charge in [0.2, 0.25) is 0 Å². The monoisotopic (exact) mass is 290 g/mol. The highest BCUT2D eigenvalue weighted by Gasteiger charge is 2.03. The lowest BCUT2D eigenvalue weighted by Crippen LogP contribution is -2.38. The van der Waals surface area contributed by atoms with Crippen LogP contribution in [-0.4, -0.2) is 43.4 Å². The minimum absolute atomic E-state index is 0.758. The molecule has 1 aliphatic rings. The first kappa shape index (κ1) is 15.6. The van der Waals surface area contributed by atoms with Crippen LogP contribution in [0.15, 0.2) is 41.2 Å². The fourth-order valence-electron chi connectivity index (χ4n) is 2.27. The summed E-state index contributed by atoms with van der Waals surface area (Å²) in [6, 6.07) is 4.09. The summed E-state index contributed by atoms with van der Waals surface area (Å²) in [6.07, 6.45) is 8.41. The van der Waals surface area contributed by atoms with E-state index in [4.69, 9.17) is 4.74 Å². The third-order valence-electron chi connectivity index (χ3n) is 3.43. The zero-order chi connectivity index (χ0) is 14.8. The largest absolute Gasteiger partial charge is 0.377 e. The molecule has 2 N–H and O–H groups in total. The lowest BCUT2D eigenvalue weighted by Gasteiger charge is -2.14. The highest BCUT2D eigenvalue weighted by molar-refractivity contribution is 5.79. The van der Waals surface area contributed by atoms with E-state index in [2.05, 4.69) is 45.6 Å². The third-order valence-corrected chi connectivity index (χ3v) is 3.43. The maximum atomic E-state index is 5.31. The number of hydrogen-bond donors (Lipinski definition) is 2. The van der Waals surface area contributed by atoms with Crippen molar-refractivity contribution in [2.24, 2.45) is 4.99 Å². The highest BCUT2D eigenvalue weighted by atomic mass is 16.5. The fraction of sp³-hybridized carbons (Fsp3) is 0.562. The quantitative estimate of drug-likeness (QED) is 0.457. The summed E-state index contributed by atoms with van der Waals surface area (Å²) < 4.78 is 7.47. The first-order valence-corrected chi connectivity index (χ1v) is 7.77. The number of ether oxygens (including phenoxy) is 1. The van der Waals surface area contributed by atoms with Crippen LogP contribution in [-0.2, 0) is 11.3 Å². The molecule has 2 heterocycles. The van der Waals surface area contributed by atoms with Crippen LogP contribution in [0.2, 0.25) is 0 Å². The molecule has 21 heavy (non-hydrogen) atoms. The van der Waals surface area contributed by atoms with Crippen molar-refractivity contribution in [3.05, 3.63) is 36.2 Å². The van der Waals surface area contributed by atoms with Gasteiger partial charge in [0.15, 0.2) is 5.96 Å². The maximum Gasteiger partial charge on any atom is 0.191 e. The van der Waals surface area contributed by atoms with Gasteiger partial charge < -0.3 is 19.9 Å². The molecule has 116 valence electrons. The summed E-state index contributed by atoms with van der Waals surface area (Å²) in [6.45, 7) is 7.22. The molecule has 5 nitrogen and oxygen atoms in total. The first-order chi connectivity index (χ1) is 10.4. The van der Waals surface area contributed by atoms with E-state index >= 15 is 0 Å². The van der Waals surface area contributed by atoms with Crippen molar-refractivity contribution in [2.75, 3.05) is 32.8 Å². The summed E-state index contributed by atoms with van der Waals surface area (Å²) in [4.78, 5) is 4.63. The molecular formula is C16H26N4O. The number of aromatic nitrogens is 1. The SMILES string of the molecule is CCNC(=NCCC1=CCOCC1)NCCn1cccc1. The molecule has 2 rings (SSSR count). The topological polar surface area (TPSA) is 50.6 Å². The van der Waals surface area contributed by atoms with Gasteiger partial charge in [-0.25, -0.2) is 0 Å². The van der Waals surface area contributed by atoms with Crippen molar-refractivity contribution in [3.8, 4) is 0 Å². The average molecular weight is 290 g/mol. The van der Waals surface area contributed by atoms with Gasteiger partial charge in [0, 0.05) is 38.6 Å². The van der Waals surface area contributed by atoms with Crippen LogP contribution in [0.25, 0.3) is 0 Å². The molecule has 0 amide bonds. The van der Waals surface area contributed by atoms with Gasteiger partial charge in [-0.2, -0.15) is 0 Å². The number of nitrogens with one attached hydrogen (secondary N) is 2. The zero-order valence-electron chi connectivity index (χ0n) is 12.8. The normalized spacial score (nSPS) is 15.7. The van der Waals surface area contributed by atoms with E-state index in [1.165, 1.54) is 5.57 Å². The Labute approximate surface area is 127 Å². The fourth-order valence-corrected chi connectivity index (χ4v) is 2.27. The van der Waals surface area contributed by atoms with Crippen molar-refractivity contribution in [2.45, 2.75) is 26.3 Å². The van der Waals surface area contributed by atoms with E-state index in [0.717, 1.165) is 58.2 Å². The number of hydrogen-bond acceptors (Lipinski definition) is 2. The molecule has 0 radical (unpaired) electrons. The predicted octanol–water partition coefficient (Wildman–Crippen LogP) is 1.78. The van der Waals surface area contributed by atoms with Gasteiger partial charge >= 0.3 is 0 Å². The predicted molar refractivity (Wildman–Crippen MR) is 86.5 cm³/mol. The maximum absolute atomic E-state index is 5.31. The number of guanidine groups is 1. The van der Waals surface area contributed by atoms with Crippen LogP contribution < -0.4 is 10.6 Å². The lowest BCUT2D eigenvalue weighted by atomic mass is 10.1. The Bertz CT molecular complexity index is 451. The van der Waals surface area contributed by atoms with Crippen molar-refractivity contribution >= 4 is 5.96 Å². The van der Waals surface area contributed by atoms with Gasteiger partial charge in [-0.15, -0.1) is 0 Å². The van der Waals surface area contributed by atoms with Crippen molar-refractivity contribution in [1.82, 2.24) is 15.2 Å². The third kappa shape index (κ3) is 6.04. The van der Waals surface area contributed by atoms with E-state index in [0.29, 0.717) is 0 Å². The van der Waals surface area contributed by atoms with E-state index in [9.17, 15) is 0 Å². The Morgan fingerprint density at radius 3 is 2.90 bits per heavy atom. The molecule has 0 bridgehead atoms. The molecule has 1 aromatic rings. The van der Waals surface area contributed by atoms with Crippen LogP contribution in [0.3, 0.4) is 0 Å². The minimum atomic E-state index is 0.758. The van der Waals surface area contributed by atoms with E-state index in [1.54, 1.807) is 0 Å². The Kier molecular flexibility index (Phi) is 6.88. The first-order valence-electron chi connectivity index (χ1n) is 7.77. The van der Waals surface area contributed by atoms with E-state index < -0.39 is 0 Å². The van der Waals surface area contributed by atoms with E-state index in [-0.39, 0.29) is 0 Å². The summed E-state index contributed by atoms with van der Waals surface area (Å²) in [5.41, 5.74) is 1.47. The summed E-state index contributed by atoms with van der Waals surface area (Å²) in [7, 11) is 0. The molecule has 0 saturated carbocycles. The molecule has 0 aliphatic carbocycles. The van der Waals surface area contributed by atoms with Crippen molar-refractivity contribution < 1.29 is 4.74 Å².